The summed E-state index contributed by atoms with van der Waals surface area (Å²) in [5.74, 6) is 1.10. The van der Waals surface area contributed by atoms with Crippen LogP contribution >= 0.6 is 0 Å². The van der Waals surface area contributed by atoms with E-state index in [1.807, 2.05) is 30.3 Å². The molecule has 2 aromatic rings. The first-order chi connectivity index (χ1) is 9.58. The van der Waals surface area contributed by atoms with Gasteiger partial charge in [-0.05, 0) is 43.3 Å². The summed E-state index contributed by atoms with van der Waals surface area (Å²) in [5, 5.41) is 9.29. The SMILES string of the molecule is CC(O)C(=O)N(C)c1ccc(Oc2ccccc2)cc1. The number of hydrogen-bond acceptors (Lipinski definition) is 3. The van der Waals surface area contributed by atoms with Crippen LogP contribution in [0.2, 0.25) is 0 Å². The molecule has 4 nitrogen and oxygen atoms in total. The lowest BCUT2D eigenvalue weighted by molar-refractivity contribution is -0.125. The fourth-order valence-corrected chi connectivity index (χ4v) is 1.77. The minimum atomic E-state index is -1.01. The third-order valence-electron chi connectivity index (χ3n) is 2.89. The maximum Gasteiger partial charge on any atom is 0.255 e. The molecule has 0 radical (unpaired) electrons. The van der Waals surface area contributed by atoms with Crippen LogP contribution in [0.1, 0.15) is 6.92 Å². The number of likely N-dealkylation sites (N-methyl/N-ethyl adjacent to an activating group) is 1. The molecule has 0 aliphatic heterocycles. The van der Waals surface area contributed by atoms with Crippen LogP contribution in [0.25, 0.3) is 0 Å². The van der Waals surface area contributed by atoms with Crippen LogP contribution in [0, 0.1) is 0 Å². The van der Waals surface area contributed by atoms with E-state index in [1.165, 1.54) is 11.8 Å². The van der Waals surface area contributed by atoms with Gasteiger partial charge in [0.2, 0.25) is 0 Å². The van der Waals surface area contributed by atoms with Crippen molar-refractivity contribution >= 4 is 11.6 Å². The molecule has 0 bridgehead atoms. The second kappa shape index (κ2) is 6.21. The van der Waals surface area contributed by atoms with Crippen LogP contribution in [0.3, 0.4) is 0 Å². The number of para-hydroxylation sites is 1. The second-order valence-corrected chi connectivity index (χ2v) is 4.48. The Bertz CT molecular complexity index is 564. The van der Waals surface area contributed by atoms with Gasteiger partial charge in [-0.25, -0.2) is 0 Å². The Kier molecular flexibility index (Phi) is 4.38. The van der Waals surface area contributed by atoms with Crippen LogP contribution < -0.4 is 9.64 Å². The van der Waals surface area contributed by atoms with Crippen LogP contribution in [-0.4, -0.2) is 24.2 Å². The smallest absolute Gasteiger partial charge is 0.255 e. The van der Waals surface area contributed by atoms with Crippen molar-refractivity contribution in [3.63, 3.8) is 0 Å². The van der Waals surface area contributed by atoms with E-state index in [0.29, 0.717) is 11.4 Å². The van der Waals surface area contributed by atoms with Crippen molar-refractivity contribution in [3.8, 4) is 11.5 Å². The lowest BCUT2D eigenvalue weighted by atomic mass is 10.2. The number of benzene rings is 2. The van der Waals surface area contributed by atoms with Crippen LogP contribution in [-0.2, 0) is 4.79 Å². The standard InChI is InChI=1S/C16H17NO3/c1-12(18)16(19)17(2)13-8-10-15(11-9-13)20-14-6-4-3-5-7-14/h3-12,18H,1-2H3. The number of carbonyl (C=O) groups is 1. The van der Waals surface area contributed by atoms with Gasteiger partial charge < -0.3 is 14.7 Å². The molecule has 0 saturated heterocycles. The van der Waals surface area contributed by atoms with Crippen LogP contribution in [0.15, 0.2) is 54.6 Å². The largest absolute Gasteiger partial charge is 0.457 e. The third kappa shape index (κ3) is 3.36. The number of aliphatic hydroxyl groups is 1. The van der Waals surface area contributed by atoms with Crippen molar-refractivity contribution in [1.82, 2.24) is 0 Å². The van der Waals surface area contributed by atoms with E-state index in [4.69, 9.17) is 4.74 Å². The molecule has 20 heavy (non-hydrogen) atoms. The topological polar surface area (TPSA) is 49.8 Å². The fourth-order valence-electron chi connectivity index (χ4n) is 1.77. The molecule has 2 aromatic carbocycles. The van der Waals surface area contributed by atoms with Crippen LogP contribution in [0.4, 0.5) is 5.69 Å². The van der Waals surface area contributed by atoms with Gasteiger partial charge in [0, 0.05) is 12.7 Å². The van der Waals surface area contributed by atoms with E-state index in [1.54, 1.807) is 31.3 Å². The summed E-state index contributed by atoms with van der Waals surface area (Å²) in [4.78, 5) is 13.1. The number of rotatable bonds is 4. The van der Waals surface area contributed by atoms with Gasteiger partial charge in [0.05, 0.1) is 0 Å². The van der Waals surface area contributed by atoms with Gasteiger partial charge in [0.25, 0.3) is 5.91 Å². The Hall–Kier alpha value is -2.33. The van der Waals surface area contributed by atoms with Gasteiger partial charge in [-0.3, -0.25) is 4.79 Å². The summed E-state index contributed by atoms with van der Waals surface area (Å²) in [6.07, 6.45) is -1.01. The maximum atomic E-state index is 11.7. The Morgan fingerprint density at radius 1 is 1.05 bits per heavy atom. The molecule has 1 amide bonds. The molecule has 0 saturated carbocycles. The van der Waals surface area contributed by atoms with Gasteiger partial charge in [-0.15, -0.1) is 0 Å². The normalized spacial score (nSPS) is 11.8. The van der Waals surface area contributed by atoms with Crippen molar-refractivity contribution in [2.24, 2.45) is 0 Å². The molecule has 1 atom stereocenters. The Morgan fingerprint density at radius 3 is 2.15 bits per heavy atom. The number of nitrogens with zero attached hydrogens (tertiary/aromatic N) is 1. The first kappa shape index (κ1) is 14.1. The highest BCUT2D eigenvalue weighted by molar-refractivity contribution is 5.95. The number of anilines is 1. The molecule has 1 N–H and O–H groups in total. The first-order valence-electron chi connectivity index (χ1n) is 6.36. The summed E-state index contributed by atoms with van der Waals surface area (Å²) in [7, 11) is 1.63. The van der Waals surface area contributed by atoms with Gasteiger partial charge in [-0.1, -0.05) is 18.2 Å². The quantitative estimate of drug-likeness (QED) is 0.930. The molecule has 0 aromatic heterocycles. The Labute approximate surface area is 118 Å². The molecule has 0 aliphatic rings. The lowest BCUT2D eigenvalue weighted by Crippen LogP contribution is -2.34. The monoisotopic (exact) mass is 271 g/mol. The molecule has 2 rings (SSSR count). The zero-order valence-electron chi connectivity index (χ0n) is 11.5. The predicted octanol–water partition coefficient (Wildman–Crippen LogP) is 2.82. The summed E-state index contributed by atoms with van der Waals surface area (Å²) < 4.78 is 5.67. The van der Waals surface area contributed by atoms with E-state index in [-0.39, 0.29) is 5.91 Å². The van der Waals surface area contributed by atoms with Crippen molar-refractivity contribution in [3.05, 3.63) is 54.6 Å². The van der Waals surface area contributed by atoms with E-state index in [9.17, 15) is 9.90 Å². The number of hydrogen-bond donors (Lipinski definition) is 1. The lowest BCUT2D eigenvalue weighted by Gasteiger charge is -2.19. The predicted molar refractivity (Wildman–Crippen MR) is 78.0 cm³/mol. The van der Waals surface area contributed by atoms with Crippen LogP contribution in [0.5, 0.6) is 11.5 Å². The van der Waals surface area contributed by atoms with Crippen molar-refractivity contribution in [2.45, 2.75) is 13.0 Å². The molecule has 0 aliphatic carbocycles. The highest BCUT2D eigenvalue weighted by atomic mass is 16.5. The Morgan fingerprint density at radius 2 is 1.60 bits per heavy atom. The zero-order chi connectivity index (χ0) is 14.5. The van der Waals surface area contributed by atoms with E-state index in [0.717, 1.165) is 5.75 Å². The van der Waals surface area contributed by atoms with E-state index in [2.05, 4.69) is 0 Å². The highest BCUT2D eigenvalue weighted by Gasteiger charge is 2.15. The van der Waals surface area contributed by atoms with Crippen molar-refractivity contribution < 1.29 is 14.6 Å². The minimum absolute atomic E-state index is 0.346. The van der Waals surface area contributed by atoms with E-state index >= 15 is 0 Å². The maximum absolute atomic E-state index is 11.7. The fraction of sp³-hybridized carbons (Fsp3) is 0.188. The summed E-state index contributed by atoms with van der Waals surface area (Å²) in [5.41, 5.74) is 0.705. The number of amides is 1. The van der Waals surface area contributed by atoms with Gasteiger partial charge in [0.15, 0.2) is 0 Å². The minimum Gasteiger partial charge on any atom is -0.457 e. The molecule has 4 heteroatoms. The molecule has 0 fully saturated rings. The van der Waals surface area contributed by atoms with Crippen molar-refractivity contribution in [1.29, 1.82) is 0 Å². The highest BCUT2D eigenvalue weighted by Crippen LogP contribution is 2.24. The molecule has 1 unspecified atom stereocenters. The zero-order valence-corrected chi connectivity index (χ0v) is 11.5. The van der Waals surface area contributed by atoms with Gasteiger partial charge >= 0.3 is 0 Å². The third-order valence-corrected chi connectivity index (χ3v) is 2.89. The second-order valence-electron chi connectivity index (χ2n) is 4.48. The average Bonchev–Trinajstić information content (AvgIpc) is 2.47. The molecular formula is C16H17NO3. The first-order valence-corrected chi connectivity index (χ1v) is 6.36. The van der Waals surface area contributed by atoms with Gasteiger partial charge in [-0.2, -0.15) is 0 Å². The molecule has 0 heterocycles. The summed E-state index contributed by atoms with van der Waals surface area (Å²) in [6, 6.07) is 16.6. The number of carbonyl (C=O) groups excluding carboxylic acids is 1. The molecule has 0 spiro atoms. The molecular weight excluding hydrogens is 254 g/mol. The molecule has 104 valence electrons. The average molecular weight is 271 g/mol. The Balaban J connectivity index is 2.08. The van der Waals surface area contributed by atoms with E-state index < -0.39 is 6.10 Å². The number of ether oxygens (including phenoxy) is 1. The van der Waals surface area contributed by atoms with Gasteiger partial charge in [0.1, 0.15) is 17.6 Å². The number of aliphatic hydroxyl groups excluding tert-OH is 1. The summed E-state index contributed by atoms with van der Waals surface area (Å²) >= 11 is 0. The van der Waals surface area contributed by atoms with Crippen molar-refractivity contribution in [2.75, 3.05) is 11.9 Å². The summed E-state index contributed by atoms with van der Waals surface area (Å²) in [6.45, 7) is 1.45.